The number of hydrogen-bond donors (Lipinski definition) is 2. The van der Waals surface area contributed by atoms with Gasteiger partial charge in [-0.3, -0.25) is 0 Å². The molecule has 2 atom stereocenters. The maximum Gasteiger partial charge on any atom is 0.315 e. The van der Waals surface area contributed by atoms with Crippen LogP contribution in [0.1, 0.15) is 49.7 Å². The van der Waals surface area contributed by atoms with Crippen LogP contribution < -0.4 is 15.4 Å². The predicted octanol–water partition coefficient (Wildman–Crippen LogP) is 3.43. The van der Waals surface area contributed by atoms with Crippen molar-refractivity contribution in [3.8, 4) is 11.8 Å². The van der Waals surface area contributed by atoms with Gasteiger partial charge in [0.05, 0.1) is 19.1 Å². The van der Waals surface area contributed by atoms with Crippen LogP contribution in [0.25, 0.3) is 0 Å². The highest BCUT2D eigenvalue weighted by molar-refractivity contribution is 5.74. The van der Waals surface area contributed by atoms with E-state index in [4.69, 9.17) is 9.47 Å². The van der Waals surface area contributed by atoms with E-state index >= 15 is 0 Å². The van der Waals surface area contributed by atoms with Crippen molar-refractivity contribution in [1.82, 2.24) is 10.6 Å². The minimum absolute atomic E-state index is 0.0575. The fraction of sp³-hybridized carbons (Fsp3) is 0.636. The summed E-state index contributed by atoms with van der Waals surface area (Å²) in [6.45, 7) is 3.92. The first-order valence-electron chi connectivity index (χ1n) is 10.2. The van der Waals surface area contributed by atoms with Gasteiger partial charge in [0, 0.05) is 36.8 Å². The fourth-order valence-corrected chi connectivity index (χ4v) is 4.47. The summed E-state index contributed by atoms with van der Waals surface area (Å²) in [5.74, 6) is 0.764. The number of rotatable bonds is 5. The van der Waals surface area contributed by atoms with Crippen LogP contribution in [0.15, 0.2) is 18.2 Å². The number of nitrogens with zero attached hydrogens (tertiary/aromatic N) is 1. The molecular formula is C22H31N3O3. The zero-order valence-electron chi connectivity index (χ0n) is 16.9. The largest absolute Gasteiger partial charge is 0.496 e. The number of carbonyl (C=O) groups is 1. The Morgan fingerprint density at radius 2 is 2.07 bits per heavy atom. The van der Waals surface area contributed by atoms with E-state index in [0.29, 0.717) is 19.8 Å². The maximum atomic E-state index is 12.6. The van der Waals surface area contributed by atoms with E-state index in [2.05, 4.69) is 29.7 Å². The normalized spacial score (nSPS) is 24.0. The molecule has 1 aromatic carbocycles. The van der Waals surface area contributed by atoms with Crippen molar-refractivity contribution >= 4 is 6.03 Å². The molecule has 2 aliphatic rings. The van der Waals surface area contributed by atoms with Crippen LogP contribution in [0.5, 0.6) is 5.75 Å². The lowest BCUT2D eigenvalue weighted by molar-refractivity contribution is 0.0497. The highest BCUT2D eigenvalue weighted by Crippen LogP contribution is 2.40. The lowest BCUT2D eigenvalue weighted by atomic mass is 9.73. The second kappa shape index (κ2) is 9.29. The van der Waals surface area contributed by atoms with E-state index in [1.54, 1.807) is 7.11 Å². The van der Waals surface area contributed by atoms with Gasteiger partial charge in [0.15, 0.2) is 0 Å². The number of carbonyl (C=O) groups excluding carboxylic acids is 1. The number of urea groups is 1. The minimum atomic E-state index is -0.214. The maximum absolute atomic E-state index is 12.6. The first-order valence-corrected chi connectivity index (χ1v) is 10.2. The molecule has 6 nitrogen and oxygen atoms in total. The van der Waals surface area contributed by atoms with E-state index < -0.39 is 0 Å². The van der Waals surface area contributed by atoms with Gasteiger partial charge in [-0.05, 0) is 38.7 Å². The molecule has 1 saturated carbocycles. The number of benzene rings is 1. The van der Waals surface area contributed by atoms with Gasteiger partial charge in [0.1, 0.15) is 5.75 Å². The van der Waals surface area contributed by atoms with Gasteiger partial charge in [0.2, 0.25) is 0 Å². The summed E-state index contributed by atoms with van der Waals surface area (Å²) in [4.78, 5) is 12.6. The monoisotopic (exact) mass is 385 g/mol. The minimum Gasteiger partial charge on any atom is -0.496 e. The molecule has 28 heavy (non-hydrogen) atoms. The Balaban J connectivity index is 1.72. The number of nitrogens with one attached hydrogen (secondary N) is 2. The van der Waals surface area contributed by atoms with Crippen LogP contribution in [0.4, 0.5) is 4.79 Å². The smallest absolute Gasteiger partial charge is 0.315 e. The molecule has 1 aliphatic carbocycles. The van der Waals surface area contributed by atoms with Gasteiger partial charge in [-0.1, -0.05) is 30.5 Å². The van der Waals surface area contributed by atoms with E-state index in [0.717, 1.165) is 49.8 Å². The summed E-state index contributed by atoms with van der Waals surface area (Å²) in [5.41, 5.74) is 2.09. The summed E-state index contributed by atoms with van der Waals surface area (Å²) in [5, 5.41) is 15.4. The Morgan fingerprint density at radius 3 is 2.79 bits per heavy atom. The molecule has 2 N–H and O–H groups in total. The molecule has 0 bridgehead atoms. The number of aryl methyl sites for hydroxylation is 1. The third kappa shape index (κ3) is 4.59. The van der Waals surface area contributed by atoms with Crippen molar-refractivity contribution in [2.75, 3.05) is 26.9 Å². The Bertz CT molecular complexity index is 722. The average molecular weight is 386 g/mol. The molecule has 2 fully saturated rings. The first kappa shape index (κ1) is 20.5. The average Bonchev–Trinajstić information content (AvgIpc) is 2.73. The third-order valence-corrected chi connectivity index (χ3v) is 6.21. The van der Waals surface area contributed by atoms with Gasteiger partial charge in [-0.15, -0.1) is 0 Å². The van der Waals surface area contributed by atoms with Crippen molar-refractivity contribution in [2.45, 2.75) is 56.9 Å². The van der Waals surface area contributed by atoms with Crippen LogP contribution in [0.3, 0.4) is 0 Å². The highest BCUT2D eigenvalue weighted by Gasteiger charge is 2.37. The van der Waals surface area contributed by atoms with Crippen molar-refractivity contribution in [3.63, 3.8) is 0 Å². The summed E-state index contributed by atoms with van der Waals surface area (Å²) in [7, 11) is 1.69. The van der Waals surface area contributed by atoms with Crippen molar-refractivity contribution in [2.24, 2.45) is 5.92 Å². The summed E-state index contributed by atoms with van der Waals surface area (Å²) >= 11 is 0. The quantitative estimate of drug-likeness (QED) is 0.813. The molecule has 6 heteroatoms. The molecule has 1 heterocycles. The summed E-state index contributed by atoms with van der Waals surface area (Å²) in [6.07, 6.45) is 5.52. The van der Waals surface area contributed by atoms with Gasteiger partial charge in [-0.25, -0.2) is 4.79 Å². The van der Waals surface area contributed by atoms with E-state index in [1.165, 1.54) is 5.56 Å². The number of methoxy groups -OCH3 is 1. The second-order valence-corrected chi connectivity index (χ2v) is 8.05. The third-order valence-electron chi connectivity index (χ3n) is 6.21. The Labute approximate surface area is 167 Å². The number of ether oxygens (including phenoxy) is 2. The molecule has 0 aromatic heterocycles. The van der Waals surface area contributed by atoms with Crippen LogP contribution in [0.2, 0.25) is 0 Å². The zero-order chi connectivity index (χ0) is 20.0. The number of hydrogen-bond acceptors (Lipinski definition) is 4. The van der Waals surface area contributed by atoms with Crippen molar-refractivity contribution in [1.29, 1.82) is 5.26 Å². The number of nitriles is 1. The topological polar surface area (TPSA) is 83.4 Å². The van der Waals surface area contributed by atoms with E-state index in [1.807, 2.05) is 12.1 Å². The molecule has 2 amide bonds. The van der Waals surface area contributed by atoms with Gasteiger partial charge < -0.3 is 20.1 Å². The molecule has 1 aromatic rings. The van der Waals surface area contributed by atoms with Gasteiger partial charge in [-0.2, -0.15) is 5.26 Å². The Kier molecular flexibility index (Phi) is 6.79. The van der Waals surface area contributed by atoms with E-state index in [-0.39, 0.29) is 23.4 Å². The highest BCUT2D eigenvalue weighted by atomic mass is 16.5. The molecule has 152 valence electrons. The van der Waals surface area contributed by atoms with Crippen LogP contribution >= 0.6 is 0 Å². The standard InChI is InChI=1S/C22H31N3O3/c1-16-7-8-20(27-2)18(13-16)22(9-11-28-12-10-22)15-24-21(26)25-19-6-4-3-5-17(19)14-23/h7-8,13,17,19H,3-6,9-12,15H2,1-2H3,(H2,24,25,26). The molecule has 3 rings (SSSR count). The lowest BCUT2D eigenvalue weighted by Crippen LogP contribution is -2.51. The lowest BCUT2D eigenvalue weighted by Gasteiger charge is -2.39. The Hall–Kier alpha value is -2.26. The molecule has 2 unspecified atom stereocenters. The molecule has 1 saturated heterocycles. The SMILES string of the molecule is COc1ccc(C)cc1C1(CNC(=O)NC2CCCCC2C#N)CCOCC1. The van der Waals surface area contributed by atoms with Gasteiger partial charge >= 0.3 is 6.03 Å². The first-order chi connectivity index (χ1) is 13.6. The number of amides is 2. The van der Waals surface area contributed by atoms with E-state index in [9.17, 15) is 10.1 Å². The van der Waals surface area contributed by atoms with Gasteiger partial charge in [0.25, 0.3) is 0 Å². The molecular weight excluding hydrogens is 354 g/mol. The Morgan fingerprint density at radius 1 is 1.32 bits per heavy atom. The summed E-state index contributed by atoms with van der Waals surface area (Å²) < 4.78 is 11.2. The zero-order valence-corrected chi connectivity index (χ0v) is 16.9. The molecule has 0 radical (unpaired) electrons. The van der Waals surface area contributed by atoms with Crippen LogP contribution in [0, 0.1) is 24.2 Å². The van der Waals surface area contributed by atoms with Crippen molar-refractivity contribution in [3.05, 3.63) is 29.3 Å². The van der Waals surface area contributed by atoms with Crippen LogP contribution in [-0.4, -0.2) is 38.9 Å². The summed E-state index contributed by atoms with van der Waals surface area (Å²) in [6, 6.07) is 8.30. The fourth-order valence-electron chi connectivity index (χ4n) is 4.47. The second-order valence-electron chi connectivity index (χ2n) is 8.05. The predicted molar refractivity (Wildman–Crippen MR) is 107 cm³/mol. The molecule has 1 aliphatic heterocycles. The van der Waals surface area contributed by atoms with Crippen molar-refractivity contribution < 1.29 is 14.3 Å². The molecule has 0 spiro atoms. The van der Waals surface area contributed by atoms with Crippen LogP contribution in [-0.2, 0) is 10.2 Å².